The van der Waals surface area contributed by atoms with Crippen LogP contribution in [0.3, 0.4) is 0 Å². The lowest BCUT2D eigenvalue weighted by molar-refractivity contribution is -0.0459. The summed E-state index contributed by atoms with van der Waals surface area (Å²) in [7, 11) is 0. The standard InChI is InChI=1S/C19H22N2O4/c22-19(17-4-2-7-24-17)21-6-8-25-18-10-15(9-16(18)21)13-23-12-14-3-1-5-20-11-14/h1-5,7,11,15-16,18H,6,8-10,12-13H2/t15-,16+,18+/m0/s1. The fourth-order valence-corrected chi connectivity index (χ4v) is 3.81. The van der Waals surface area contributed by atoms with Crippen molar-refractivity contribution in [3.63, 3.8) is 0 Å². The lowest BCUT2D eigenvalue weighted by atomic mass is 10.1. The van der Waals surface area contributed by atoms with Crippen LogP contribution in [0.15, 0.2) is 47.3 Å². The maximum atomic E-state index is 12.6. The summed E-state index contributed by atoms with van der Waals surface area (Å²) in [6.45, 7) is 2.43. The van der Waals surface area contributed by atoms with Gasteiger partial charge in [-0.15, -0.1) is 0 Å². The Morgan fingerprint density at radius 2 is 2.28 bits per heavy atom. The highest BCUT2D eigenvalue weighted by atomic mass is 16.5. The van der Waals surface area contributed by atoms with Gasteiger partial charge in [0, 0.05) is 18.9 Å². The van der Waals surface area contributed by atoms with Crippen LogP contribution < -0.4 is 0 Å². The van der Waals surface area contributed by atoms with Crippen LogP contribution in [0.25, 0.3) is 0 Å². The first kappa shape index (κ1) is 16.3. The third kappa shape index (κ3) is 3.60. The molecule has 1 saturated carbocycles. The second-order valence-electron chi connectivity index (χ2n) is 6.67. The molecule has 4 rings (SSSR count). The van der Waals surface area contributed by atoms with Gasteiger partial charge in [-0.2, -0.15) is 0 Å². The Labute approximate surface area is 146 Å². The molecule has 1 aliphatic carbocycles. The van der Waals surface area contributed by atoms with Gasteiger partial charge in [0.15, 0.2) is 5.76 Å². The van der Waals surface area contributed by atoms with Crippen LogP contribution in [0.4, 0.5) is 0 Å². The number of furan rings is 1. The van der Waals surface area contributed by atoms with Crippen molar-refractivity contribution in [2.75, 3.05) is 19.8 Å². The normalized spacial score (nSPS) is 25.8. The van der Waals surface area contributed by atoms with Gasteiger partial charge in [-0.05, 0) is 42.5 Å². The monoisotopic (exact) mass is 342 g/mol. The Bertz CT molecular complexity index is 689. The maximum Gasteiger partial charge on any atom is 0.289 e. The van der Waals surface area contributed by atoms with Crippen molar-refractivity contribution in [2.45, 2.75) is 31.6 Å². The molecule has 1 aliphatic heterocycles. The number of carbonyl (C=O) groups excluding carboxylic acids is 1. The average molecular weight is 342 g/mol. The molecule has 1 amide bonds. The molecule has 2 aromatic rings. The predicted molar refractivity (Wildman–Crippen MR) is 89.9 cm³/mol. The molecule has 0 spiro atoms. The predicted octanol–water partition coefficient (Wildman–Crippen LogP) is 2.51. The number of fused-ring (bicyclic) bond motifs is 1. The third-order valence-corrected chi connectivity index (χ3v) is 4.97. The molecular formula is C19H22N2O4. The van der Waals surface area contributed by atoms with Gasteiger partial charge in [-0.25, -0.2) is 0 Å². The first-order chi connectivity index (χ1) is 12.3. The molecule has 3 heterocycles. The number of ether oxygens (including phenoxy) is 2. The molecule has 0 radical (unpaired) electrons. The average Bonchev–Trinajstić information content (AvgIpc) is 3.31. The summed E-state index contributed by atoms with van der Waals surface area (Å²) in [6, 6.07) is 7.49. The van der Waals surface area contributed by atoms with Crippen LogP contribution in [-0.2, 0) is 16.1 Å². The summed E-state index contributed by atoms with van der Waals surface area (Å²) >= 11 is 0. The topological polar surface area (TPSA) is 64.8 Å². The van der Waals surface area contributed by atoms with Crippen molar-refractivity contribution < 1.29 is 18.7 Å². The van der Waals surface area contributed by atoms with E-state index < -0.39 is 0 Å². The van der Waals surface area contributed by atoms with E-state index in [-0.39, 0.29) is 18.1 Å². The van der Waals surface area contributed by atoms with Crippen molar-refractivity contribution >= 4 is 5.91 Å². The molecule has 0 aromatic carbocycles. The van der Waals surface area contributed by atoms with E-state index in [4.69, 9.17) is 13.9 Å². The Hall–Kier alpha value is -2.18. The van der Waals surface area contributed by atoms with Crippen LogP contribution in [0, 0.1) is 5.92 Å². The molecule has 6 heteroatoms. The quantitative estimate of drug-likeness (QED) is 0.835. The summed E-state index contributed by atoms with van der Waals surface area (Å²) in [5, 5.41) is 0. The van der Waals surface area contributed by atoms with E-state index in [1.165, 1.54) is 6.26 Å². The molecule has 3 atom stereocenters. The van der Waals surface area contributed by atoms with Gasteiger partial charge < -0.3 is 18.8 Å². The molecule has 25 heavy (non-hydrogen) atoms. The number of hydrogen-bond acceptors (Lipinski definition) is 5. The number of amides is 1. The lowest BCUT2D eigenvalue weighted by Gasteiger charge is -2.37. The summed E-state index contributed by atoms with van der Waals surface area (Å²) in [4.78, 5) is 18.7. The molecule has 0 unspecified atom stereocenters. The Balaban J connectivity index is 1.33. The lowest BCUT2D eigenvalue weighted by Crippen LogP contribution is -2.51. The van der Waals surface area contributed by atoms with Crippen LogP contribution in [0.5, 0.6) is 0 Å². The van der Waals surface area contributed by atoms with Gasteiger partial charge >= 0.3 is 0 Å². The van der Waals surface area contributed by atoms with Crippen molar-refractivity contribution in [1.29, 1.82) is 0 Å². The Morgan fingerprint density at radius 3 is 3.08 bits per heavy atom. The Kier molecular flexibility index (Phi) is 4.81. The van der Waals surface area contributed by atoms with Gasteiger partial charge in [0.05, 0.1) is 38.2 Å². The van der Waals surface area contributed by atoms with Gasteiger partial charge in [-0.1, -0.05) is 6.07 Å². The minimum Gasteiger partial charge on any atom is -0.459 e. The summed E-state index contributed by atoms with van der Waals surface area (Å²) < 4.78 is 17.0. The van der Waals surface area contributed by atoms with E-state index in [2.05, 4.69) is 4.98 Å². The molecule has 2 fully saturated rings. The summed E-state index contributed by atoms with van der Waals surface area (Å²) in [5.41, 5.74) is 1.07. The summed E-state index contributed by atoms with van der Waals surface area (Å²) in [5.74, 6) is 0.758. The fraction of sp³-hybridized carbons (Fsp3) is 0.474. The zero-order valence-electron chi connectivity index (χ0n) is 14.0. The zero-order valence-corrected chi connectivity index (χ0v) is 14.0. The van der Waals surface area contributed by atoms with Crippen molar-refractivity contribution in [3.05, 3.63) is 54.2 Å². The number of morpholine rings is 1. The molecule has 6 nitrogen and oxygen atoms in total. The fourth-order valence-electron chi connectivity index (χ4n) is 3.81. The third-order valence-electron chi connectivity index (χ3n) is 4.97. The van der Waals surface area contributed by atoms with E-state index in [1.54, 1.807) is 18.3 Å². The molecule has 0 N–H and O–H groups in total. The van der Waals surface area contributed by atoms with Gasteiger partial charge in [0.2, 0.25) is 0 Å². The molecule has 2 aromatic heterocycles. The molecule has 132 valence electrons. The first-order valence-corrected chi connectivity index (χ1v) is 8.74. The van der Waals surface area contributed by atoms with E-state index >= 15 is 0 Å². The van der Waals surface area contributed by atoms with Gasteiger partial charge in [0.1, 0.15) is 0 Å². The van der Waals surface area contributed by atoms with E-state index in [0.29, 0.717) is 38.0 Å². The van der Waals surface area contributed by atoms with Crippen molar-refractivity contribution in [1.82, 2.24) is 9.88 Å². The van der Waals surface area contributed by atoms with E-state index in [1.807, 2.05) is 23.2 Å². The van der Waals surface area contributed by atoms with Gasteiger partial charge in [-0.3, -0.25) is 9.78 Å². The number of carbonyl (C=O) groups is 1. The molecule has 2 aliphatic rings. The Morgan fingerprint density at radius 1 is 1.32 bits per heavy atom. The number of hydrogen-bond donors (Lipinski definition) is 0. The molecule has 0 bridgehead atoms. The maximum absolute atomic E-state index is 12.6. The van der Waals surface area contributed by atoms with Crippen molar-refractivity contribution in [3.8, 4) is 0 Å². The molecular weight excluding hydrogens is 320 g/mol. The van der Waals surface area contributed by atoms with E-state index in [0.717, 1.165) is 18.4 Å². The highest BCUT2D eigenvalue weighted by Crippen LogP contribution is 2.35. The second-order valence-corrected chi connectivity index (χ2v) is 6.67. The number of rotatable bonds is 5. The van der Waals surface area contributed by atoms with Gasteiger partial charge in [0.25, 0.3) is 5.91 Å². The number of aromatic nitrogens is 1. The zero-order chi connectivity index (χ0) is 17.1. The largest absolute Gasteiger partial charge is 0.459 e. The SMILES string of the molecule is O=C(c1ccco1)N1CCO[C@@H]2C[C@@H](COCc3cccnc3)C[C@H]21. The minimum atomic E-state index is -0.0415. The van der Waals surface area contributed by atoms with Crippen LogP contribution in [0.1, 0.15) is 29.0 Å². The van der Waals surface area contributed by atoms with Crippen LogP contribution >= 0.6 is 0 Å². The summed E-state index contributed by atoms with van der Waals surface area (Å²) in [6.07, 6.45) is 7.05. The molecule has 1 saturated heterocycles. The number of pyridine rings is 1. The highest BCUT2D eigenvalue weighted by molar-refractivity contribution is 5.91. The van der Waals surface area contributed by atoms with E-state index in [9.17, 15) is 4.79 Å². The first-order valence-electron chi connectivity index (χ1n) is 8.74. The smallest absolute Gasteiger partial charge is 0.289 e. The highest BCUT2D eigenvalue weighted by Gasteiger charge is 2.43. The van der Waals surface area contributed by atoms with Crippen LogP contribution in [0.2, 0.25) is 0 Å². The number of nitrogens with zero attached hydrogens (tertiary/aromatic N) is 2. The second kappa shape index (κ2) is 7.37. The van der Waals surface area contributed by atoms with Crippen LogP contribution in [-0.4, -0.2) is 47.7 Å². The minimum absolute atomic E-state index is 0.0415. The van der Waals surface area contributed by atoms with Crippen molar-refractivity contribution in [2.24, 2.45) is 5.92 Å².